The summed E-state index contributed by atoms with van der Waals surface area (Å²) in [5.41, 5.74) is 7.40. The number of aromatic nitrogens is 2. The van der Waals surface area contributed by atoms with Gasteiger partial charge in [0.05, 0.1) is 17.9 Å². The van der Waals surface area contributed by atoms with Gasteiger partial charge in [-0.15, -0.1) is 0 Å². The van der Waals surface area contributed by atoms with Crippen molar-refractivity contribution in [3.63, 3.8) is 0 Å². The lowest BCUT2D eigenvalue weighted by molar-refractivity contribution is -0.128. The zero-order chi connectivity index (χ0) is 22.9. The number of H-pyrrole nitrogens is 1. The van der Waals surface area contributed by atoms with E-state index in [2.05, 4.69) is 15.0 Å². The van der Waals surface area contributed by atoms with Crippen LogP contribution in [0.4, 0.5) is 5.69 Å². The van der Waals surface area contributed by atoms with Gasteiger partial charge in [0.1, 0.15) is 12.4 Å². The number of rotatable bonds is 11. The lowest BCUT2D eigenvalue weighted by atomic mass is 9.97. The Morgan fingerprint density at radius 1 is 1.06 bits per heavy atom. The number of nitrogens with two attached hydrogens (primary N) is 1. The van der Waals surface area contributed by atoms with E-state index in [-0.39, 0.29) is 24.6 Å². The molecular formula is C23H20N4O5. The highest BCUT2D eigenvalue weighted by Gasteiger charge is 2.21. The van der Waals surface area contributed by atoms with Crippen LogP contribution in [-0.4, -0.2) is 40.1 Å². The Hall–Kier alpha value is -4.36. The molecule has 0 spiro atoms. The Morgan fingerprint density at radius 2 is 1.72 bits per heavy atom. The number of Topliss-reactive ketones (excluding diaryl/α,β-unsaturated/α-hetero) is 1. The molecule has 1 amide bonds. The molecule has 3 N–H and O–H groups in total. The second kappa shape index (κ2) is 10.6. The minimum absolute atomic E-state index is 0.0466. The third kappa shape index (κ3) is 6.07. The standard InChI is InChI=1S/C23H20N4O5/c24-23(31)17(9-19-11-25-13-26-19)10-20(29)12-32-21-7-3-16(4-8-21)22(30)15-1-5-18(6-2-15)27-14-28/h1-8,11,13,17H,9-10,12H2,(H2,24,31)(H,25,26). The van der Waals surface area contributed by atoms with Crippen molar-refractivity contribution >= 4 is 29.2 Å². The smallest absolute Gasteiger partial charge is 0.240 e. The maximum atomic E-state index is 12.6. The maximum Gasteiger partial charge on any atom is 0.240 e. The molecule has 9 heteroatoms. The van der Waals surface area contributed by atoms with E-state index in [0.717, 1.165) is 0 Å². The molecule has 162 valence electrons. The fourth-order valence-corrected chi connectivity index (χ4v) is 3.04. The molecule has 0 saturated carbocycles. The molecule has 0 saturated heterocycles. The first-order valence-electron chi connectivity index (χ1n) is 9.70. The summed E-state index contributed by atoms with van der Waals surface area (Å²) in [7, 11) is 0. The quantitative estimate of drug-likeness (QED) is 0.270. The highest BCUT2D eigenvalue weighted by Crippen LogP contribution is 2.18. The summed E-state index contributed by atoms with van der Waals surface area (Å²) in [6.07, 6.45) is 4.75. The van der Waals surface area contributed by atoms with Gasteiger partial charge in [0.2, 0.25) is 12.0 Å². The molecule has 0 bridgehead atoms. The summed E-state index contributed by atoms with van der Waals surface area (Å²) in [5.74, 6) is -1.30. The SMILES string of the molecule is NC(=O)C(CC(=O)COc1ccc(C(=O)c2ccc(N=C=O)cc2)cc1)Cc1cnc[nH]1. The predicted molar refractivity (Wildman–Crippen MR) is 114 cm³/mol. The van der Waals surface area contributed by atoms with E-state index in [9.17, 15) is 19.2 Å². The van der Waals surface area contributed by atoms with Crippen LogP contribution in [-0.2, 0) is 20.8 Å². The molecule has 3 aromatic rings. The number of nitrogens with one attached hydrogen (secondary N) is 1. The van der Waals surface area contributed by atoms with E-state index < -0.39 is 11.8 Å². The van der Waals surface area contributed by atoms with Crippen LogP contribution in [0.1, 0.15) is 28.0 Å². The van der Waals surface area contributed by atoms with Crippen LogP contribution in [0.5, 0.6) is 5.75 Å². The van der Waals surface area contributed by atoms with Crippen molar-refractivity contribution in [2.24, 2.45) is 16.6 Å². The molecule has 1 heterocycles. The van der Waals surface area contributed by atoms with E-state index in [1.165, 1.54) is 12.4 Å². The van der Waals surface area contributed by atoms with Gasteiger partial charge in [-0.3, -0.25) is 14.4 Å². The van der Waals surface area contributed by atoms with E-state index in [4.69, 9.17) is 10.5 Å². The number of benzene rings is 2. The lowest BCUT2D eigenvalue weighted by Gasteiger charge is -2.12. The van der Waals surface area contributed by atoms with E-state index in [0.29, 0.717) is 34.7 Å². The third-order valence-electron chi connectivity index (χ3n) is 4.72. The van der Waals surface area contributed by atoms with Crippen LogP contribution < -0.4 is 10.5 Å². The minimum atomic E-state index is -0.657. The Labute approximate surface area is 183 Å². The van der Waals surface area contributed by atoms with Crippen LogP contribution in [0.3, 0.4) is 0 Å². The van der Waals surface area contributed by atoms with Crippen LogP contribution in [0.15, 0.2) is 66.0 Å². The number of ketones is 2. The highest BCUT2D eigenvalue weighted by molar-refractivity contribution is 6.09. The Morgan fingerprint density at radius 3 is 2.28 bits per heavy atom. The molecule has 9 nitrogen and oxygen atoms in total. The normalized spacial score (nSPS) is 11.2. The van der Waals surface area contributed by atoms with E-state index in [1.807, 2.05) is 0 Å². The van der Waals surface area contributed by atoms with Crippen molar-refractivity contribution in [1.29, 1.82) is 0 Å². The van der Waals surface area contributed by atoms with Gasteiger partial charge in [0.15, 0.2) is 11.6 Å². The van der Waals surface area contributed by atoms with Gasteiger partial charge in [0, 0.05) is 35.9 Å². The number of isocyanates is 1. The van der Waals surface area contributed by atoms with Gasteiger partial charge >= 0.3 is 0 Å². The number of carbonyl (C=O) groups is 3. The second-order valence-electron chi connectivity index (χ2n) is 7.02. The van der Waals surface area contributed by atoms with Gasteiger partial charge in [0.25, 0.3) is 0 Å². The minimum Gasteiger partial charge on any atom is -0.486 e. The molecule has 0 aliphatic rings. The van der Waals surface area contributed by atoms with Gasteiger partial charge in [-0.25, -0.2) is 9.78 Å². The summed E-state index contributed by atoms with van der Waals surface area (Å²) in [6.45, 7) is -0.223. The molecule has 32 heavy (non-hydrogen) atoms. The Kier molecular flexibility index (Phi) is 7.40. The zero-order valence-corrected chi connectivity index (χ0v) is 17.0. The van der Waals surface area contributed by atoms with Gasteiger partial charge in [-0.1, -0.05) is 0 Å². The Balaban J connectivity index is 1.54. The topological polar surface area (TPSA) is 145 Å². The number of aromatic amines is 1. The van der Waals surface area contributed by atoms with Gasteiger partial charge in [-0.2, -0.15) is 4.99 Å². The number of ether oxygens (including phenoxy) is 1. The fourth-order valence-electron chi connectivity index (χ4n) is 3.04. The molecule has 1 unspecified atom stereocenters. The van der Waals surface area contributed by atoms with Crippen molar-refractivity contribution in [3.05, 3.63) is 77.9 Å². The lowest BCUT2D eigenvalue weighted by Crippen LogP contribution is -2.29. The van der Waals surface area contributed by atoms with Crippen LogP contribution in [0.2, 0.25) is 0 Å². The Bertz CT molecular complexity index is 1130. The fraction of sp³-hybridized carbons (Fsp3) is 0.174. The predicted octanol–water partition coefficient (Wildman–Crippen LogP) is 2.29. The zero-order valence-electron chi connectivity index (χ0n) is 17.0. The average molecular weight is 432 g/mol. The first-order chi connectivity index (χ1) is 15.5. The highest BCUT2D eigenvalue weighted by atomic mass is 16.5. The molecule has 0 aliphatic carbocycles. The average Bonchev–Trinajstić information content (AvgIpc) is 3.31. The number of primary amides is 1. The molecule has 0 fully saturated rings. The number of nitrogens with zero attached hydrogens (tertiary/aromatic N) is 2. The van der Waals surface area contributed by atoms with Crippen LogP contribution >= 0.6 is 0 Å². The largest absolute Gasteiger partial charge is 0.486 e. The van der Waals surface area contributed by atoms with Gasteiger partial charge in [-0.05, 0) is 48.5 Å². The molecule has 2 aromatic carbocycles. The third-order valence-corrected chi connectivity index (χ3v) is 4.72. The summed E-state index contributed by atoms with van der Waals surface area (Å²) >= 11 is 0. The summed E-state index contributed by atoms with van der Waals surface area (Å²) in [6, 6.07) is 12.6. The first-order valence-corrected chi connectivity index (χ1v) is 9.70. The molecule has 1 aromatic heterocycles. The monoisotopic (exact) mass is 432 g/mol. The number of hydrogen-bond acceptors (Lipinski definition) is 7. The van der Waals surface area contributed by atoms with Crippen molar-refractivity contribution in [1.82, 2.24) is 9.97 Å². The van der Waals surface area contributed by atoms with E-state index in [1.54, 1.807) is 54.7 Å². The van der Waals surface area contributed by atoms with Crippen LogP contribution in [0, 0.1) is 5.92 Å². The molecule has 3 rings (SSSR count). The molecule has 0 radical (unpaired) electrons. The molecule has 1 atom stereocenters. The number of aliphatic imine (C=N–C) groups is 1. The van der Waals surface area contributed by atoms with Gasteiger partial charge < -0.3 is 15.5 Å². The van der Waals surface area contributed by atoms with Crippen molar-refractivity contribution < 1.29 is 23.9 Å². The second-order valence-corrected chi connectivity index (χ2v) is 7.02. The first kappa shape index (κ1) is 22.3. The maximum absolute atomic E-state index is 12.6. The summed E-state index contributed by atoms with van der Waals surface area (Å²) < 4.78 is 5.48. The summed E-state index contributed by atoms with van der Waals surface area (Å²) in [5, 5.41) is 0. The van der Waals surface area contributed by atoms with E-state index >= 15 is 0 Å². The van der Waals surface area contributed by atoms with Crippen molar-refractivity contribution in [3.8, 4) is 5.75 Å². The summed E-state index contributed by atoms with van der Waals surface area (Å²) in [4.78, 5) is 57.0. The van der Waals surface area contributed by atoms with Crippen LogP contribution in [0.25, 0.3) is 0 Å². The number of imidazole rings is 1. The molecule has 0 aliphatic heterocycles. The number of hydrogen-bond donors (Lipinski definition) is 2. The number of carbonyl (C=O) groups excluding carboxylic acids is 4. The van der Waals surface area contributed by atoms with Crippen molar-refractivity contribution in [2.45, 2.75) is 12.8 Å². The van der Waals surface area contributed by atoms with Crippen molar-refractivity contribution in [2.75, 3.05) is 6.61 Å². The molecular weight excluding hydrogens is 412 g/mol. The number of amides is 1.